The molecule has 2 heteroatoms. The third kappa shape index (κ3) is 1.76. The Kier molecular flexibility index (Phi) is 3.71. The molecule has 0 aromatic rings. The summed E-state index contributed by atoms with van der Waals surface area (Å²) in [5.74, 6) is 0.990. The third-order valence-corrected chi connectivity index (χ3v) is 5.25. The standard InChI is InChI=1S/C14H27NO/c1-7-15(8-2)12(16)14(6)10-9-11(3)13(14,4)5/h11H,7-10H2,1-6H3/t11-,14-/m1/s1. The van der Waals surface area contributed by atoms with Crippen molar-refractivity contribution in [2.24, 2.45) is 16.7 Å². The molecule has 0 aliphatic heterocycles. The van der Waals surface area contributed by atoms with Crippen LogP contribution in [0.1, 0.15) is 54.4 Å². The van der Waals surface area contributed by atoms with Crippen molar-refractivity contribution in [3.05, 3.63) is 0 Å². The van der Waals surface area contributed by atoms with Crippen LogP contribution in [0.5, 0.6) is 0 Å². The van der Waals surface area contributed by atoms with Gasteiger partial charge in [-0.1, -0.05) is 27.7 Å². The molecule has 0 aromatic carbocycles. The van der Waals surface area contributed by atoms with E-state index in [1.165, 1.54) is 6.42 Å². The lowest BCUT2D eigenvalue weighted by Crippen LogP contribution is -2.48. The summed E-state index contributed by atoms with van der Waals surface area (Å²) >= 11 is 0. The molecule has 0 radical (unpaired) electrons. The lowest BCUT2D eigenvalue weighted by molar-refractivity contribution is -0.147. The van der Waals surface area contributed by atoms with E-state index in [4.69, 9.17) is 0 Å². The highest BCUT2D eigenvalue weighted by atomic mass is 16.2. The minimum Gasteiger partial charge on any atom is -0.343 e. The normalized spacial score (nSPS) is 32.8. The second-order valence-corrected chi connectivity index (χ2v) is 5.97. The Morgan fingerprint density at radius 2 is 1.75 bits per heavy atom. The summed E-state index contributed by atoms with van der Waals surface area (Å²) in [6, 6.07) is 0. The predicted octanol–water partition coefficient (Wildman–Crippen LogP) is 3.32. The number of carbonyl (C=O) groups excluding carboxylic acids is 1. The van der Waals surface area contributed by atoms with Crippen LogP contribution in [-0.4, -0.2) is 23.9 Å². The van der Waals surface area contributed by atoms with Crippen molar-refractivity contribution in [1.29, 1.82) is 0 Å². The molecule has 0 aromatic heterocycles. The molecule has 0 heterocycles. The van der Waals surface area contributed by atoms with E-state index >= 15 is 0 Å². The molecule has 1 fully saturated rings. The Labute approximate surface area is 100 Å². The molecule has 16 heavy (non-hydrogen) atoms. The van der Waals surface area contributed by atoms with Gasteiger partial charge in [-0.15, -0.1) is 0 Å². The molecule has 0 bridgehead atoms. The molecule has 1 aliphatic rings. The Bertz CT molecular complexity index is 268. The number of nitrogens with zero attached hydrogens (tertiary/aromatic N) is 1. The second kappa shape index (κ2) is 4.38. The second-order valence-electron chi connectivity index (χ2n) is 5.97. The number of amides is 1. The zero-order valence-electron chi connectivity index (χ0n) is 11.8. The van der Waals surface area contributed by atoms with E-state index in [1.54, 1.807) is 0 Å². The maximum Gasteiger partial charge on any atom is 0.229 e. The predicted molar refractivity (Wildman–Crippen MR) is 68.2 cm³/mol. The Hall–Kier alpha value is -0.530. The van der Waals surface area contributed by atoms with Gasteiger partial charge >= 0.3 is 0 Å². The number of rotatable bonds is 3. The van der Waals surface area contributed by atoms with Gasteiger partial charge in [0.05, 0.1) is 5.41 Å². The fraction of sp³-hybridized carbons (Fsp3) is 0.929. The molecule has 0 saturated heterocycles. The zero-order chi connectivity index (χ0) is 12.6. The van der Waals surface area contributed by atoms with Crippen LogP contribution in [0, 0.1) is 16.7 Å². The van der Waals surface area contributed by atoms with Crippen molar-refractivity contribution < 1.29 is 4.79 Å². The summed E-state index contributed by atoms with van der Waals surface area (Å²) in [5, 5.41) is 0. The molecular formula is C14H27NO. The summed E-state index contributed by atoms with van der Waals surface area (Å²) in [6.45, 7) is 14.7. The molecule has 1 rings (SSSR count). The smallest absolute Gasteiger partial charge is 0.229 e. The lowest BCUT2D eigenvalue weighted by atomic mass is 9.65. The highest BCUT2D eigenvalue weighted by Gasteiger charge is 2.54. The quantitative estimate of drug-likeness (QED) is 0.721. The maximum atomic E-state index is 12.6. The fourth-order valence-corrected chi connectivity index (χ4v) is 2.97. The first-order chi connectivity index (χ1) is 7.31. The average molecular weight is 225 g/mol. The van der Waals surface area contributed by atoms with Crippen molar-refractivity contribution in [2.45, 2.75) is 54.4 Å². The van der Waals surface area contributed by atoms with Gasteiger partial charge in [0.1, 0.15) is 0 Å². The number of hydrogen-bond acceptors (Lipinski definition) is 1. The van der Waals surface area contributed by atoms with Gasteiger partial charge in [-0.3, -0.25) is 4.79 Å². The van der Waals surface area contributed by atoms with E-state index in [-0.39, 0.29) is 10.8 Å². The minimum atomic E-state index is -0.168. The van der Waals surface area contributed by atoms with Crippen molar-refractivity contribution >= 4 is 5.91 Å². The van der Waals surface area contributed by atoms with Gasteiger partial charge in [0.15, 0.2) is 0 Å². The SMILES string of the molecule is CCN(CC)C(=O)[C@@]1(C)CC[C@@H](C)C1(C)C. The van der Waals surface area contributed by atoms with Gasteiger partial charge in [-0.05, 0) is 38.0 Å². The molecular weight excluding hydrogens is 198 g/mol. The van der Waals surface area contributed by atoms with Crippen LogP contribution >= 0.6 is 0 Å². The van der Waals surface area contributed by atoms with E-state index < -0.39 is 0 Å². The van der Waals surface area contributed by atoms with E-state index in [1.807, 2.05) is 4.90 Å². The van der Waals surface area contributed by atoms with Crippen LogP contribution in [0.3, 0.4) is 0 Å². The summed E-state index contributed by atoms with van der Waals surface area (Å²) < 4.78 is 0. The largest absolute Gasteiger partial charge is 0.343 e. The molecule has 1 amide bonds. The minimum absolute atomic E-state index is 0.118. The van der Waals surface area contributed by atoms with Gasteiger partial charge in [0.25, 0.3) is 0 Å². The van der Waals surface area contributed by atoms with Crippen LogP contribution < -0.4 is 0 Å². The first-order valence-electron chi connectivity index (χ1n) is 6.60. The molecule has 2 atom stereocenters. The molecule has 0 spiro atoms. The molecule has 2 nitrogen and oxygen atoms in total. The Balaban J connectivity index is 2.98. The lowest BCUT2D eigenvalue weighted by Gasteiger charge is -2.42. The van der Waals surface area contributed by atoms with E-state index in [9.17, 15) is 4.79 Å². The van der Waals surface area contributed by atoms with Crippen LogP contribution in [0.25, 0.3) is 0 Å². The maximum absolute atomic E-state index is 12.6. The first kappa shape index (κ1) is 13.5. The first-order valence-corrected chi connectivity index (χ1v) is 6.60. The topological polar surface area (TPSA) is 20.3 Å². The molecule has 94 valence electrons. The fourth-order valence-electron chi connectivity index (χ4n) is 2.97. The molecule has 1 saturated carbocycles. The highest BCUT2D eigenvalue weighted by Crippen LogP contribution is 2.56. The summed E-state index contributed by atoms with van der Waals surface area (Å²) in [5.41, 5.74) is -0.0505. The third-order valence-electron chi connectivity index (χ3n) is 5.25. The Morgan fingerprint density at radius 3 is 2.06 bits per heavy atom. The summed E-state index contributed by atoms with van der Waals surface area (Å²) in [4.78, 5) is 14.6. The van der Waals surface area contributed by atoms with Crippen molar-refractivity contribution in [2.75, 3.05) is 13.1 Å². The van der Waals surface area contributed by atoms with Crippen LogP contribution in [0.4, 0.5) is 0 Å². The summed E-state index contributed by atoms with van der Waals surface area (Å²) in [7, 11) is 0. The van der Waals surface area contributed by atoms with Crippen molar-refractivity contribution in [3.8, 4) is 0 Å². The summed E-state index contributed by atoms with van der Waals surface area (Å²) in [6.07, 6.45) is 2.22. The average Bonchev–Trinajstić information content (AvgIpc) is 2.45. The molecule has 0 unspecified atom stereocenters. The zero-order valence-corrected chi connectivity index (χ0v) is 11.8. The Morgan fingerprint density at radius 1 is 1.25 bits per heavy atom. The van der Waals surface area contributed by atoms with Gasteiger partial charge in [0, 0.05) is 13.1 Å². The molecule has 0 N–H and O–H groups in total. The van der Waals surface area contributed by atoms with Crippen molar-refractivity contribution in [3.63, 3.8) is 0 Å². The van der Waals surface area contributed by atoms with Crippen molar-refractivity contribution in [1.82, 2.24) is 4.90 Å². The monoisotopic (exact) mass is 225 g/mol. The van der Waals surface area contributed by atoms with E-state index in [0.717, 1.165) is 19.5 Å². The molecule has 1 aliphatic carbocycles. The van der Waals surface area contributed by atoms with Gasteiger partial charge < -0.3 is 4.90 Å². The van der Waals surface area contributed by atoms with Crippen LogP contribution in [0.2, 0.25) is 0 Å². The van der Waals surface area contributed by atoms with Gasteiger partial charge in [-0.2, -0.15) is 0 Å². The highest BCUT2D eigenvalue weighted by molar-refractivity contribution is 5.83. The van der Waals surface area contributed by atoms with E-state index in [0.29, 0.717) is 11.8 Å². The number of hydrogen-bond donors (Lipinski definition) is 0. The van der Waals surface area contributed by atoms with Crippen LogP contribution in [-0.2, 0) is 4.79 Å². The van der Waals surface area contributed by atoms with Gasteiger partial charge in [0.2, 0.25) is 5.91 Å². The van der Waals surface area contributed by atoms with Crippen LogP contribution in [0.15, 0.2) is 0 Å². The van der Waals surface area contributed by atoms with Gasteiger partial charge in [-0.25, -0.2) is 0 Å². The van der Waals surface area contributed by atoms with E-state index in [2.05, 4.69) is 41.5 Å². The number of carbonyl (C=O) groups is 1.